The van der Waals surface area contributed by atoms with Gasteiger partial charge in [-0.25, -0.2) is 0 Å². The van der Waals surface area contributed by atoms with Gasteiger partial charge in [-0.05, 0) is 41.7 Å². The zero-order valence-corrected chi connectivity index (χ0v) is 16.7. The molecule has 5 nitrogen and oxygen atoms in total. The second-order valence-electron chi connectivity index (χ2n) is 6.53. The maximum Gasteiger partial charge on any atom is 0.251 e. The standard InChI is InChI=1S/C22H30N4O/c1-5-17-9-11-19(12-10-17)16-26(4)22(24-3)25-14-13-18-7-6-8-20(15-18)21(27)23-2/h6-12,15H,5,13-14,16H2,1-4H3,(H,23,27)(H,24,25). The van der Waals surface area contributed by atoms with Crippen LogP contribution in [-0.4, -0.2) is 44.5 Å². The van der Waals surface area contributed by atoms with Crippen molar-refractivity contribution in [2.24, 2.45) is 4.99 Å². The lowest BCUT2D eigenvalue weighted by Crippen LogP contribution is -2.39. The number of aliphatic imine (C=N–C) groups is 1. The first kappa shape index (κ1) is 20.5. The van der Waals surface area contributed by atoms with Gasteiger partial charge in [0.15, 0.2) is 5.96 Å². The SMILES string of the molecule is CCc1ccc(CN(C)C(=NC)NCCc2cccc(C(=O)NC)c2)cc1. The summed E-state index contributed by atoms with van der Waals surface area (Å²) in [6.07, 6.45) is 1.88. The first-order valence-corrected chi connectivity index (χ1v) is 9.38. The van der Waals surface area contributed by atoms with Gasteiger partial charge in [-0.15, -0.1) is 0 Å². The smallest absolute Gasteiger partial charge is 0.251 e. The largest absolute Gasteiger partial charge is 0.356 e. The van der Waals surface area contributed by atoms with E-state index in [2.05, 4.69) is 51.7 Å². The number of hydrogen-bond acceptors (Lipinski definition) is 2. The molecule has 0 bridgehead atoms. The number of rotatable bonds is 7. The second kappa shape index (κ2) is 10.4. The van der Waals surface area contributed by atoms with Crippen molar-refractivity contribution < 1.29 is 4.79 Å². The summed E-state index contributed by atoms with van der Waals surface area (Å²) in [5.41, 5.74) is 4.42. The zero-order valence-electron chi connectivity index (χ0n) is 16.7. The first-order chi connectivity index (χ1) is 13.1. The van der Waals surface area contributed by atoms with Gasteiger partial charge in [0.1, 0.15) is 0 Å². The minimum absolute atomic E-state index is 0.0607. The molecule has 0 aliphatic heterocycles. The summed E-state index contributed by atoms with van der Waals surface area (Å²) in [5, 5.41) is 6.06. The van der Waals surface area contributed by atoms with Gasteiger partial charge < -0.3 is 15.5 Å². The summed E-state index contributed by atoms with van der Waals surface area (Å²) in [6, 6.07) is 16.4. The van der Waals surface area contributed by atoms with Gasteiger partial charge in [0.25, 0.3) is 5.91 Å². The van der Waals surface area contributed by atoms with E-state index in [9.17, 15) is 4.79 Å². The van der Waals surface area contributed by atoms with Crippen molar-refractivity contribution in [3.05, 3.63) is 70.8 Å². The molecule has 2 aromatic rings. The van der Waals surface area contributed by atoms with Crippen LogP contribution in [0.4, 0.5) is 0 Å². The Morgan fingerprint density at radius 2 is 1.78 bits per heavy atom. The summed E-state index contributed by atoms with van der Waals surface area (Å²) in [6.45, 7) is 3.72. The Balaban J connectivity index is 1.88. The van der Waals surface area contributed by atoms with Crippen LogP contribution in [0.15, 0.2) is 53.5 Å². The molecule has 2 rings (SSSR count). The molecule has 0 heterocycles. The van der Waals surface area contributed by atoms with Gasteiger partial charge in [0.2, 0.25) is 0 Å². The van der Waals surface area contributed by atoms with Crippen LogP contribution in [0.25, 0.3) is 0 Å². The van der Waals surface area contributed by atoms with Crippen LogP contribution in [0.2, 0.25) is 0 Å². The molecule has 2 aromatic carbocycles. The molecule has 0 aliphatic carbocycles. The molecule has 0 unspecified atom stereocenters. The van der Waals surface area contributed by atoms with Crippen molar-refractivity contribution in [2.45, 2.75) is 26.3 Å². The van der Waals surface area contributed by atoms with Gasteiger partial charge in [-0.2, -0.15) is 0 Å². The molecule has 0 aliphatic rings. The molecule has 0 saturated heterocycles. The van der Waals surface area contributed by atoms with Crippen LogP contribution < -0.4 is 10.6 Å². The normalized spacial score (nSPS) is 11.2. The minimum Gasteiger partial charge on any atom is -0.356 e. The Kier molecular flexibility index (Phi) is 7.86. The predicted octanol–water partition coefficient (Wildman–Crippen LogP) is 2.86. The predicted molar refractivity (Wildman–Crippen MR) is 112 cm³/mol. The number of nitrogens with one attached hydrogen (secondary N) is 2. The number of aryl methyl sites for hydroxylation is 1. The molecular weight excluding hydrogens is 336 g/mol. The fourth-order valence-electron chi connectivity index (χ4n) is 2.94. The Hall–Kier alpha value is -2.82. The quantitative estimate of drug-likeness (QED) is 0.585. The van der Waals surface area contributed by atoms with Crippen LogP contribution in [0, 0.1) is 0 Å². The molecule has 0 saturated carbocycles. The van der Waals surface area contributed by atoms with Gasteiger partial charge >= 0.3 is 0 Å². The van der Waals surface area contributed by atoms with E-state index < -0.39 is 0 Å². The topological polar surface area (TPSA) is 56.7 Å². The Labute approximate surface area is 162 Å². The van der Waals surface area contributed by atoms with E-state index in [-0.39, 0.29) is 5.91 Å². The third kappa shape index (κ3) is 6.13. The zero-order chi connectivity index (χ0) is 19.6. The number of nitrogens with zero attached hydrogens (tertiary/aromatic N) is 2. The average molecular weight is 367 g/mol. The van der Waals surface area contributed by atoms with Crippen molar-refractivity contribution in [3.8, 4) is 0 Å². The molecule has 0 spiro atoms. The summed E-state index contributed by atoms with van der Waals surface area (Å²) >= 11 is 0. The van der Waals surface area contributed by atoms with E-state index >= 15 is 0 Å². The van der Waals surface area contributed by atoms with E-state index in [0.29, 0.717) is 5.56 Å². The molecule has 0 aromatic heterocycles. The lowest BCUT2D eigenvalue weighted by Gasteiger charge is -2.22. The van der Waals surface area contributed by atoms with Crippen molar-refractivity contribution in [1.29, 1.82) is 0 Å². The third-order valence-electron chi connectivity index (χ3n) is 4.54. The van der Waals surface area contributed by atoms with E-state index in [4.69, 9.17) is 0 Å². The van der Waals surface area contributed by atoms with Crippen molar-refractivity contribution in [1.82, 2.24) is 15.5 Å². The maximum absolute atomic E-state index is 11.7. The van der Waals surface area contributed by atoms with Crippen molar-refractivity contribution in [2.75, 3.05) is 27.7 Å². The Morgan fingerprint density at radius 1 is 1.07 bits per heavy atom. The maximum atomic E-state index is 11.7. The van der Waals surface area contributed by atoms with Crippen LogP contribution >= 0.6 is 0 Å². The second-order valence-corrected chi connectivity index (χ2v) is 6.53. The molecule has 27 heavy (non-hydrogen) atoms. The monoisotopic (exact) mass is 366 g/mol. The highest BCUT2D eigenvalue weighted by Gasteiger charge is 2.07. The van der Waals surface area contributed by atoms with E-state index in [1.54, 1.807) is 14.1 Å². The lowest BCUT2D eigenvalue weighted by molar-refractivity contribution is 0.0963. The fraction of sp³-hybridized carbons (Fsp3) is 0.364. The van der Waals surface area contributed by atoms with E-state index in [1.165, 1.54) is 11.1 Å². The molecule has 5 heteroatoms. The van der Waals surface area contributed by atoms with Crippen LogP contribution in [-0.2, 0) is 19.4 Å². The molecule has 2 N–H and O–H groups in total. The highest BCUT2D eigenvalue weighted by atomic mass is 16.1. The summed E-state index contributed by atoms with van der Waals surface area (Å²) in [7, 11) is 5.48. The number of carbonyl (C=O) groups excluding carboxylic acids is 1. The first-order valence-electron chi connectivity index (χ1n) is 9.38. The minimum atomic E-state index is -0.0607. The summed E-state index contributed by atoms with van der Waals surface area (Å²) in [4.78, 5) is 18.2. The molecule has 0 fully saturated rings. The molecule has 144 valence electrons. The number of benzene rings is 2. The van der Waals surface area contributed by atoms with E-state index in [1.807, 2.05) is 31.3 Å². The summed E-state index contributed by atoms with van der Waals surface area (Å²) in [5.74, 6) is 0.798. The average Bonchev–Trinajstić information content (AvgIpc) is 2.71. The lowest BCUT2D eigenvalue weighted by atomic mass is 10.1. The van der Waals surface area contributed by atoms with E-state index in [0.717, 1.165) is 37.5 Å². The van der Waals surface area contributed by atoms with Gasteiger partial charge in [-0.3, -0.25) is 9.79 Å². The number of guanidine groups is 1. The van der Waals surface area contributed by atoms with Gasteiger partial charge in [0, 0.05) is 39.8 Å². The number of amides is 1. The molecule has 1 amide bonds. The highest BCUT2D eigenvalue weighted by Crippen LogP contribution is 2.08. The number of carbonyl (C=O) groups is 1. The van der Waals surface area contributed by atoms with Crippen LogP contribution in [0.3, 0.4) is 0 Å². The fourth-order valence-corrected chi connectivity index (χ4v) is 2.94. The van der Waals surface area contributed by atoms with Crippen LogP contribution in [0.1, 0.15) is 34.0 Å². The summed E-state index contributed by atoms with van der Waals surface area (Å²) < 4.78 is 0. The Morgan fingerprint density at radius 3 is 2.41 bits per heavy atom. The van der Waals surface area contributed by atoms with Gasteiger partial charge in [0.05, 0.1) is 0 Å². The molecule has 0 radical (unpaired) electrons. The van der Waals surface area contributed by atoms with Crippen molar-refractivity contribution >= 4 is 11.9 Å². The van der Waals surface area contributed by atoms with Gasteiger partial charge in [-0.1, -0.05) is 43.3 Å². The molecule has 0 atom stereocenters. The third-order valence-corrected chi connectivity index (χ3v) is 4.54. The Bertz CT molecular complexity index is 768. The van der Waals surface area contributed by atoms with Crippen LogP contribution in [0.5, 0.6) is 0 Å². The number of hydrogen-bond donors (Lipinski definition) is 2. The highest BCUT2D eigenvalue weighted by molar-refractivity contribution is 5.94. The van der Waals surface area contributed by atoms with Crippen molar-refractivity contribution in [3.63, 3.8) is 0 Å². The molecular formula is C22H30N4O.